The van der Waals surface area contributed by atoms with Crippen LogP contribution in [0, 0.1) is 0 Å². The maximum Gasteiger partial charge on any atom is 0.199 e. The van der Waals surface area contributed by atoms with E-state index < -0.39 is 0 Å². The van der Waals surface area contributed by atoms with Crippen LogP contribution in [0.2, 0.25) is 0 Å². The zero-order valence-corrected chi connectivity index (χ0v) is 7.06. The first-order valence-electron chi connectivity index (χ1n) is 3.26. The average Bonchev–Trinajstić information content (AvgIpc) is 2.16. The number of nitrogens with zero attached hydrogens (tertiary/aromatic N) is 1. The van der Waals surface area contributed by atoms with Crippen molar-refractivity contribution in [3.8, 4) is 0 Å². The third-order valence-corrected chi connectivity index (χ3v) is 1.32. The van der Waals surface area contributed by atoms with Crippen LogP contribution in [-0.2, 0) is 0 Å². The van der Waals surface area contributed by atoms with Crippen LogP contribution < -0.4 is 22.1 Å². The summed E-state index contributed by atoms with van der Waals surface area (Å²) in [6, 6.07) is 5.48. The number of nitrogens with two attached hydrogens (primary N) is 1. The van der Waals surface area contributed by atoms with E-state index in [0.717, 1.165) is 0 Å². The maximum absolute atomic E-state index is 5.02. The molecule has 0 saturated heterocycles. The van der Waals surface area contributed by atoms with E-state index in [4.69, 9.17) is 18.1 Å². The molecule has 0 aromatic carbocycles. The Labute approximate surface area is 75.3 Å². The molecular weight excluding hydrogens is 174 g/mol. The van der Waals surface area contributed by atoms with Crippen LogP contribution in [0.25, 0.3) is 0 Å². The number of hydrogen-bond donors (Lipinski definition) is 4. The van der Waals surface area contributed by atoms with Crippen molar-refractivity contribution >= 4 is 23.1 Å². The fourth-order valence-electron chi connectivity index (χ4n) is 0.594. The summed E-state index contributed by atoms with van der Waals surface area (Å²) in [5.41, 5.74) is 7.65. The first kappa shape index (κ1) is 8.69. The Kier molecular flexibility index (Phi) is 3.24. The van der Waals surface area contributed by atoms with Crippen molar-refractivity contribution in [2.75, 3.05) is 5.43 Å². The normalized spacial score (nSPS) is 8.75. The molecule has 0 bridgehead atoms. The van der Waals surface area contributed by atoms with Gasteiger partial charge in [-0.05, 0) is 24.4 Å². The molecule has 5 nitrogen and oxygen atoms in total. The predicted octanol–water partition coefficient (Wildman–Crippen LogP) is -0.254. The Balaban J connectivity index is 2.38. The lowest BCUT2D eigenvalue weighted by Gasteiger charge is -2.07. The fraction of sp³-hybridized carbons (Fsp3) is 0. The minimum absolute atomic E-state index is 0.306. The molecule has 0 unspecified atom stereocenters. The summed E-state index contributed by atoms with van der Waals surface area (Å²) in [5.74, 6) is 5.70. The van der Waals surface area contributed by atoms with Crippen LogP contribution in [0.4, 0.5) is 5.82 Å². The predicted molar refractivity (Wildman–Crippen MR) is 50.9 cm³/mol. The molecule has 0 amide bonds. The highest BCUT2D eigenvalue weighted by molar-refractivity contribution is 7.80. The Hall–Kier alpha value is -1.40. The molecule has 0 fully saturated rings. The molecule has 0 aliphatic rings. The van der Waals surface area contributed by atoms with Crippen LogP contribution >= 0.6 is 12.2 Å². The Bertz CT molecular complexity index is 249. The molecule has 0 radical (unpaired) electrons. The van der Waals surface area contributed by atoms with E-state index in [2.05, 4.69) is 21.3 Å². The molecule has 64 valence electrons. The first-order chi connectivity index (χ1) is 5.83. The van der Waals surface area contributed by atoms with Gasteiger partial charge in [0.2, 0.25) is 0 Å². The van der Waals surface area contributed by atoms with Gasteiger partial charge in [0.05, 0.1) is 0 Å². The lowest BCUT2D eigenvalue weighted by Crippen LogP contribution is -2.42. The number of nitrogens with one attached hydrogen (secondary N) is 3. The van der Waals surface area contributed by atoms with E-state index in [1.165, 1.54) is 0 Å². The van der Waals surface area contributed by atoms with Gasteiger partial charge in [-0.25, -0.2) is 10.8 Å². The quantitative estimate of drug-likeness (QED) is 0.288. The first-order valence-corrected chi connectivity index (χ1v) is 3.67. The van der Waals surface area contributed by atoms with Crippen LogP contribution in [-0.4, -0.2) is 10.1 Å². The van der Waals surface area contributed by atoms with Crippen molar-refractivity contribution in [2.24, 2.45) is 5.84 Å². The van der Waals surface area contributed by atoms with Crippen molar-refractivity contribution in [3.63, 3.8) is 0 Å². The van der Waals surface area contributed by atoms with Crippen molar-refractivity contribution in [2.45, 2.75) is 0 Å². The minimum Gasteiger partial charge on any atom is -0.300 e. The van der Waals surface area contributed by atoms with Gasteiger partial charge in [-0.1, -0.05) is 6.07 Å². The van der Waals surface area contributed by atoms with Crippen molar-refractivity contribution in [3.05, 3.63) is 24.4 Å². The van der Waals surface area contributed by atoms with Gasteiger partial charge in [0.25, 0.3) is 0 Å². The van der Waals surface area contributed by atoms with Crippen LogP contribution in [0.5, 0.6) is 0 Å². The second-order valence-corrected chi connectivity index (χ2v) is 2.35. The standard InChI is InChI=1S/C6H9N5S/c7-9-6(12)11-10-5-3-1-2-4-8-5/h1-4H,7H2,(H,8,10)(H2,9,11,12). The number of aromatic nitrogens is 1. The van der Waals surface area contributed by atoms with E-state index >= 15 is 0 Å². The minimum atomic E-state index is 0.306. The maximum atomic E-state index is 5.02. The van der Waals surface area contributed by atoms with Gasteiger partial charge in [0.15, 0.2) is 5.11 Å². The van der Waals surface area contributed by atoms with Gasteiger partial charge in [-0.15, -0.1) is 0 Å². The molecule has 5 N–H and O–H groups in total. The number of pyridine rings is 1. The van der Waals surface area contributed by atoms with Gasteiger partial charge in [0, 0.05) is 6.20 Å². The molecule has 0 aliphatic carbocycles. The highest BCUT2D eigenvalue weighted by Gasteiger charge is 1.90. The SMILES string of the molecule is NNC(=S)NNc1ccccn1. The molecule has 1 aromatic rings. The van der Waals surface area contributed by atoms with Crippen molar-refractivity contribution in [1.82, 2.24) is 15.8 Å². The number of rotatable bonds is 2. The van der Waals surface area contributed by atoms with Gasteiger partial charge in [-0.3, -0.25) is 16.3 Å². The van der Waals surface area contributed by atoms with E-state index in [9.17, 15) is 0 Å². The summed E-state index contributed by atoms with van der Waals surface area (Å²) < 4.78 is 0. The van der Waals surface area contributed by atoms with E-state index in [1.807, 2.05) is 12.1 Å². The summed E-state index contributed by atoms with van der Waals surface area (Å²) in [5, 5.41) is 0.306. The molecule has 0 spiro atoms. The zero-order valence-electron chi connectivity index (χ0n) is 6.24. The largest absolute Gasteiger partial charge is 0.300 e. The van der Waals surface area contributed by atoms with Gasteiger partial charge in [-0.2, -0.15) is 0 Å². The number of hydrazine groups is 2. The Morgan fingerprint density at radius 3 is 2.92 bits per heavy atom. The molecule has 1 aromatic heterocycles. The second-order valence-electron chi connectivity index (χ2n) is 1.94. The van der Waals surface area contributed by atoms with Crippen LogP contribution in [0.3, 0.4) is 0 Å². The van der Waals surface area contributed by atoms with Crippen molar-refractivity contribution in [1.29, 1.82) is 0 Å². The van der Waals surface area contributed by atoms with E-state index in [0.29, 0.717) is 10.9 Å². The van der Waals surface area contributed by atoms with Gasteiger partial charge < -0.3 is 0 Å². The summed E-state index contributed by atoms with van der Waals surface area (Å²) >= 11 is 4.72. The summed E-state index contributed by atoms with van der Waals surface area (Å²) in [7, 11) is 0. The monoisotopic (exact) mass is 183 g/mol. The number of thiocarbonyl (C=S) groups is 1. The number of hydrogen-bond acceptors (Lipinski definition) is 4. The molecule has 0 aliphatic heterocycles. The fourth-order valence-corrected chi connectivity index (χ4v) is 0.645. The highest BCUT2D eigenvalue weighted by atomic mass is 32.1. The molecule has 0 saturated carbocycles. The van der Waals surface area contributed by atoms with Gasteiger partial charge in [0.1, 0.15) is 5.82 Å². The van der Waals surface area contributed by atoms with Crippen LogP contribution in [0.15, 0.2) is 24.4 Å². The Morgan fingerprint density at radius 2 is 2.33 bits per heavy atom. The molecule has 12 heavy (non-hydrogen) atoms. The topological polar surface area (TPSA) is 75.0 Å². The third-order valence-electron chi connectivity index (χ3n) is 1.10. The summed E-state index contributed by atoms with van der Waals surface area (Å²) in [6.07, 6.45) is 1.67. The average molecular weight is 183 g/mol. The molecule has 1 rings (SSSR count). The Morgan fingerprint density at radius 1 is 1.50 bits per heavy atom. The molecule has 1 heterocycles. The van der Waals surface area contributed by atoms with Gasteiger partial charge >= 0.3 is 0 Å². The summed E-state index contributed by atoms with van der Waals surface area (Å²) in [6.45, 7) is 0. The van der Waals surface area contributed by atoms with E-state index in [1.54, 1.807) is 12.3 Å². The molecular formula is C6H9N5S. The molecule has 0 atom stereocenters. The lowest BCUT2D eigenvalue weighted by atomic mass is 10.5. The molecule has 6 heteroatoms. The number of anilines is 1. The lowest BCUT2D eigenvalue weighted by molar-refractivity contribution is 0.958. The summed E-state index contributed by atoms with van der Waals surface area (Å²) in [4.78, 5) is 3.98. The highest BCUT2D eigenvalue weighted by Crippen LogP contribution is 1.96. The van der Waals surface area contributed by atoms with E-state index in [-0.39, 0.29) is 0 Å². The second kappa shape index (κ2) is 4.47. The third kappa shape index (κ3) is 2.69. The smallest absolute Gasteiger partial charge is 0.199 e. The van der Waals surface area contributed by atoms with Crippen LogP contribution in [0.1, 0.15) is 0 Å². The van der Waals surface area contributed by atoms with Crippen molar-refractivity contribution < 1.29 is 0 Å². The zero-order chi connectivity index (χ0) is 8.81.